The van der Waals surface area contributed by atoms with Crippen molar-refractivity contribution in [2.24, 2.45) is 5.92 Å². The summed E-state index contributed by atoms with van der Waals surface area (Å²) in [5, 5.41) is 18.5. The quantitative estimate of drug-likeness (QED) is 0.706. The van der Waals surface area contributed by atoms with E-state index in [9.17, 15) is 9.90 Å². The summed E-state index contributed by atoms with van der Waals surface area (Å²) in [6.45, 7) is 1.65. The number of rotatable bonds is 3. The Balaban J connectivity index is 2.50. The summed E-state index contributed by atoms with van der Waals surface area (Å²) in [4.78, 5) is 10.5. The SMILES string of the molecule is C[C@](O)(CC(=O)O)C1CCCCC1. The first kappa shape index (κ1) is 10.5. The summed E-state index contributed by atoms with van der Waals surface area (Å²) in [7, 11) is 0. The minimum atomic E-state index is -1.01. The van der Waals surface area contributed by atoms with Gasteiger partial charge in [-0.05, 0) is 25.7 Å². The molecule has 3 nitrogen and oxygen atoms in total. The molecule has 0 amide bonds. The molecule has 1 rings (SSSR count). The van der Waals surface area contributed by atoms with Crippen molar-refractivity contribution in [3.8, 4) is 0 Å². The molecule has 1 fully saturated rings. The van der Waals surface area contributed by atoms with E-state index in [1.165, 1.54) is 6.42 Å². The summed E-state index contributed by atoms with van der Waals surface area (Å²) in [6, 6.07) is 0. The minimum Gasteiger partial charge on any atom is -0.481 e. The number of aliphatic carboxylic acids is 1. The molecule has 0 aromatic rings. The third kappa shape index (κ3) is 2.99. The Labute approximate surface area is 78.8 Å². The molecule has 1 aliphatic carbocycles. The smallest absolute Gasteiger partial charge is 0.306 e. The van der Waals surface area contributed by atoms with Crippen molar-refractivity contribution >= 4 is 5.97 Å². The molecule has 0 aliphatic heterocycles. The normalized spacial score (nSPS) is 23.8. The van der Waals surface area contributed by atoms with Crippen molar-refractivity contribution in [2.75, 3.05) is 0 Å². The van der Waals surface area contributed by atoms with E-state index in [1.54, 1.807) is 6.92 Å². The molecule has 1 saturated carbocycles. The lowest BCUT2D eigenvalue weighted by Crippen LogP contribution is -2.38. The van der Waals surface area contributed by atoms with Gasteiger partial charge in [0.1, 0.15) is 0 Å². The van der Waals surface area contributed by atoms with Crippen LogP contribution in [0.4, 0.5) is 0 Å². The second kappa shape index (κ2) is 4.09. The summed E-state index contributed by atoms with van der Waals surface area (Å²) in [5.41, 5.74) is -1.01. The molecule has 0 bridgehead atoms. The summed E-state index contributed by atoms with van der Waals surface area (Å²) >= 11 is 0. The molecule has 3 heteroatoms. The summed E-state index contributed by atoms with van der Waals surface area (Å²) < 4.78 is 0. The van der Waals surface area contributed by atoms with Gasteiger partial charge in [0.2, 0.25) is 0 Å². The van der Waals surface area contributed by atoms with Crippen molar-refractivity contribution in [1.82, 2.24) is 0 Å². The molecule has 76 valence electrons. The van der Waals surface area contributed by atoms with E-state index in [1.807, 2.05) is 0 Å². The van der Waals surface area contributed by atoms with Gasteiger partial charge in [-0.2, -0.15) is 0 Å². The highest BCUT2D eigenvalue weighted by Gasteiger charge is 2.34. The fraction of sp³-hybridized carbons (Fsp3) is 0.900. The summed E-state index contributed by atoms with van der Waals surface area (Å²) in [6.07, 6.45) is 5.29. The Morgan fingerprint density at radius 3 is 2.38 bits per heavy atom. The number of hydrogen-bond acceptors (Lipinski definition) is 2. The largest absolute Gasteiger partial charge is 0.481 e. The van der Waals surface area contributed by atoms with Gasteiger partial charge < -0.3 is 10.2 Å². The number of hydrogen-bond donors (Lipinski definition) is 2. The molecule has 0 heterocycles. The standard InChI is InChI=1S/C10H18O3/c1-10(13,7-9(11)12)8-5-3-2-4-6-8/h8,13H,2-7H2,1H3,(H,11,12)/t10-/m0/s1. The van der Waals surface area contributed by atoms with Crippen LogP contribution in [0.15, 0.2) is 0 Å². The Kier molecular flexibility index (Phi) is 3.31. The van der Waals surface area contributed by atoms with Gasteiger partial charge >= 0.3 is 5.97 Å². The van der Waals surface area contributed by atoms with Crippen LogP contribution in [-0.2, 0) is 4.79 Å². The zero-order chi connectivity index (χ0) is 9.90. The summed E-state index contributed by atoms with van der Waals surface area (Å²) in [5.74, 6) is -0.729. The highest BCUT2D eigenvalue weighted by molar-refractivity contribution is 5.68. The number of carboxylic acids is 1. The molecule has 1 aliphatic rings. The van der Waals surface area contributed by atoms with Crippen molar-refractivity contribution in [3.05, 3.63) is 0 Å². The van der Waals surface area contributed by atoms with E-state index in [0.717, 1.165) is 25.7 Å². The average Bonchev–Trinajstić information content (AvgIpc) is 2.04. The Morgan fingerprint density at radius 2 is 1.92 bits per heavy atom. The average molecular weight is 186 g/mol. The molecule has 1 atom stereocenters. The molecule has 13 heavy (non-hydrogen) atoms. The van der Waals surface area contributed by atoms with Gasteiger partial charge in [-0.1, -0.05) is 19.3 Å². The second-order valence-corrected chi connectivity index (χ2v) is 4.26. The molecular formula is C10H18O3. The van der Waals surface area contributed by atoms with Crippen LogP contribution in [0.2, 0.25) is 0 Å². The van der Waals surface area contributed by atoms with E-state index in [2.05, 4.69) is 0 Å². The first-order chi connectivity index (χ1) is 6.02. The van der Waals surface area contributed by atoms with Crippen molar-refractivity contribution < 1.29 is 15.0 Å². The fourth-order valence-corrected chi connectivity index (χ4v) is 2.17. The van der Waals surface area contributed by atoms with Gasteiger partial charge in [-0.25, -0.2) is 0 Å². The minimum absolute atomic E-state index is 0.127. The molecule has 0 aromatic heterocycles. The van der Waals surface area contributed by atoms with Crippen LogP contribution >= 0.6 is 0 Å². The van der Waals surface area contributed by atoms with E-state index in [4.69, 9.17) is 5.11 Å². The first-order valence-electron chi connectivity index (χ1n) is 4.96. The number of aliphatic hydroxyl groups is 1. The van der Waals surface area contributed by atoms with Crippen LogP contribution in [0.1, 0.15) is 45.4 Å². The van der Waals surface area contributed by atoms with Crippen LogP contribution in [0.5, 0.6) is 0 Å². The predicted molar refractivity (Wildman–Crippen MR) is 49.5 cm³/mol. The maximum absolute atomic E-state index is 10.5. The monoisotopic (exact) mass is 186 g/mol. The lowest BCUT2D eigenvalue weighted by Gasteiger charge is -2.34. The van der Waals surface area contributed by atoms with Gasteiger partial charge in [-0.15, -0.1) is 0 Å². The lowest BCUT2D eigenvalue weighted by atomic mass is 9.76. The van der Waals surface area contributed by atoms with Crippen LogP contribution in [0, 0.1) is 5.92 Å². The van der Waals surface area contributed by atoms with Gasteiger partial charge in [0.05, 0.1) is 12.0 Å². The molecule has 2 N–H and O–H groups in total. The predicted octanol–water partition coefficient (Wildman–Crippen LogP) is 1.79. The Morgan fingerprint density at radius 1 is 1.38 bits per heavy atom. The number of carbonyl (C=O) groups is 1. The number of carboxylic acid groups (broad SMARTS) is 1. The highest BCUT2D eigenvalue weighted by atomic mass is 16.4. The van der Waals surface area contributed by atoms with E-state index in [0.29, 0.717) is 0 Å². The van der Waals surface area contributed by atoms with Crippen molar-refractivity contribution in [3.63, 3.8) is 0 Å². The first-order valence-corrected chi connectivity index (χ1v) is 4.96. The second-order valence-electron chi connectivity index (χ2n) is 4.26. The van der Waals surface area contributed by atoms with Crippen LogP contribution < -0.4 is 0 Å². The van der Waals surface area contributed by atoms with Crippen LogP contribution in [0.3, 0.4) is 0 Å². The van der Waals surface area contributed by atoms with Crippen molar-refractivity contribution in [1.29, 1.82) is 0 Å². The molecule has 0 radical (unpaired) electrons. The third-order valence-corrected chi connectivity index (χ3v) is 2.99. The maximum Gasteiger partial charge on any atom is 0.306 e. The van der Waals surface area contributed by atoms with Crippen LogP contribution in [0.25, 0.3) is 0 Å². The zero-order valence-electron chi connectivity index (χ0n) is 8.12. The Hall–Kier alpha value is -0.570. The molecule has 0 unspecified atom stereocenters. The molecule has 0 aromatic carbocycles. The topological polar surface area (TPSA) is 57.5 Å². The van der Waals surface area contributed by atoms with E-state index in [-0.39, 0.29) is 12.3 Å². The van der Waals surface area contributed by atoms with E-state index < -0.39 is 11.6 Å². The van der Waals surface area contributed by atoms with Gasteiger partial charge in [0.25, 0.3) is 0 Å². The van der Waals surface area contributed by atoms with Gasteiger partial charge in [0, 0.05) is 0 Å². The van der Waals surface area contributed by atoms with Gasteiger partial charge in [-0.3, -0.25) is 4.79 Å². The van der Waals surface area contributed by atoms with E-state index >= 15 is 0 Å². The zero-order valence-corrected chi connectivity index (χ0v) is 8.12. The maximum atomic E-state index is 10.5. The van der Waals surface area contributed by atoms with Crippen molar-refractivity contribution in [2.45, 2.75) is 51.0 Å². The molecular weight excluding hydrogens is 168 g/mol. The molecule has 0 spiro atoms. The van der Waals surface area contributed by atoms with Crippen LogP contribution in [-0.4, -0.2) is 21.8 Å². The highest BCUT2D eigenvalue weighted by Crippen LogP contribution is 2.34. The fourth-order valence-electron chi connectivity index (χ4n) is 2.17. The Bertz CT molecular complexity index is 181. The lowest BCUT2D eigenvalue weighted by molar-refractivity contribution is -0.144. The molecule has 0 saturated heterocycles. The third-order valence-electron chi connectivity index (χ3n) is 2.99. The van der Waals surface area contributed by atoms with Gasteiger partial charge in [0.15, 0.2) is 0 Å².